The van der Waals surface area contributed by atoms with Crippen molar-refractivity contribution in [3.05, 3.63) is 35.7 Å². The normalized spacial score (nSPS) is 10.3. The number of fused-ring (bicyclic) bond motifs is 1. The molecule has 0 saturated heterocycles. The molecule has 0 spiro atoms. The van der Waals surface area contributed by atoms with E-state index in [4.69, 9.17) is 5.73 Å². The SMILES string of the molecule is C=Cc1cc2cc(N)ccc2s1. The lowest BCUT2D eigenvalue weighted by atomic mass is 10.2. The Morgan fingerprint density at radius 2 is 2.17 bits per heavy atom. The molecule has 2 heteroatoms. The van der Waals surface area contributed by atoms with E-state index in [9.17, 15) is 0 Å². The Bertz CT molecular complexity index is 428. The fourth-order valence-electron chi connectivity index (χ4n) is 1.18. The third-order valence-electron chi connectivity index (χ3n) is 1.76. The number of anilines is 1. The van der Waals surface area contributed by atoms with E-state index in [2.05, 4.69) is 12.6 Å². The van der Waals surface area contributed by atoms with E-state index in [1.165, 1.54) is 15.0 Å². The van der Waals surface area contributed by atoms with Gasteiger partial charge in [-0.25, -0.2) is 0 Å². The van der Waals surface area contributed by atoms with Crippen LogP contribution in [0, 0.1) is 0 Å². The van der Waals surface area contributed by atoms with Gasteiger partial charge in [0.1, 0.15) is 0 Å². The van der Waals surface area contributed by atoms with E-state index >= 15 is 0 Å². The van der Waals surface area contributed by atoms with Crippen LogP contribution in [0.15, 0.2) is 30.8 Å². The van der Waals surface area contributed by atoms with Crippen molar-refractivity contribution in [1.82, 2.24) is 0 Å². The van der Waals surface area contributed by atoms with Crippen LogP contribution in [0.4, 0.5) is 5.69 Å². The number of benzene rings is 1. The third kappa shape index (κ3) is 1.10. The summed E-state index contributed by atoms with van der Waals surface area (Å²) in [5.74, 6) is 0. The fraction of sp³-hybridized carbons (Fsp3) is 0. The number of nitrogen functional groups attached to an aromatic ring is 1. The van der Waals surface area contributed by atoms with Gasteiger partial charge in [0, 0.05) is 15.3 Å². The Balaban J connectivity index is 2.75. The Labute approximate surface area is 75.1 Å². The molecule has 1 nitrogen and oxygen atoms in total. The second-order valence-corrected chi connectivity index (χ2v) is 3.77. The molecule has 1 aromatic carbocycles. The van der Waals surface area contributed by atoms with Gasteiger partial charge in [0.05, 0.1) is 0 Å². The largest absolute Gasteiger partial charge is 0.399 e. The lowest BCUT2D eigenvalue weighted by Gasteiger charge is -1.90. The van der Waals surface area contributed by atoms with Crippen molar-refractivity contribution in [3.63, 3.8) is 0 Å². The highest BCUT2D eigenvalue weighted by molar-refractivity contribution is 7.19. The molecule has 2 N–H and O–H groups in total. The number of hydrogen-bond donors (Lipinski definition) is 1. The Kier molecular flexibility index (Phi) is 1.62. The molecule has 12 heavy (non-hydrogen) atoms. The van der Waals surface area contributed by atoms with E-state index in [1.807, 2.05) is 24.3 Å². The lowest BCUT2D eigenvalue weighted by molar-refractivity contribution is 1.79. The van der Waals surface area contributed by atoms with Gasteiger partial charge in [-0.15, -0.1) is 11.3 Å². The molecule has 2 aromatic rings. The molecule has 0 saturated carbocycles. The van der Waals surface area contributed by atoms with Crippen LogP contribution in [0.2, 0.25) is 0 Å². The van der Waals surface area contributed by atoms with Crippen LogP contribution in [0.1, 0.15) is 4.88 Å². The monoisotopic (exact) mass is 175 g/mol. The van der Waals surface area contributed by atoms with Crippen LogP contribution < -0.4 is 5.73 Å². The molecular formula is C10H9NS. The van der Waals surface area contributed by atoms with Crippen LogP contribution in [0.3, 0.4) is 0 Å². The van der Waals surface area contributed by atoms with Gasteiger partial charge in [-0.1, -0.05) is 12.7 Å². The zero-order valence-electron chi connectivity index (χ0n) is 6.58. The van der Waals surface area contributed by atoms with Crippen molar-refractivity contribution in [2.75, 3.05) is 5.73 Å². The summed E-state index contributed by atoms with van der Waals surface area (Å²) >= 11 is 1.73. The van der Waals surface area contributed by atoms with Crippen LogP contribution in [-0.2, 0) is 0 Å². The molecule has 0 atom stereocenters. The first-order valence-electron chi connectivity index (χ1n) is 3.71. The molecule has 60 valence electrons. The summed E-state index contributed by atoms with van der Waals surface area (Å²) in [7, 11) is 0. The Morgan fingerprint density at radius 1 is 1.33 bits per heavy atom. The molecule has 0 fully saturated rings. The highest BCUT2D eigenvalue weighted by atomic mass is 32.1. The number of hydrogen-bond acceptors (Lipinski definition) is 2. The van der Waals surface area contributed by atoms with Gasteiger partial charge in [-0.05, 0) is 29.7 Å². The maximum Gasteiger partial charge on any atom is 0.0350 e. The van der Waals surface area contributed by atoms with Crippen LogP contribution in [-0.4, -0.2) is 0 Å². The minimum atomic E-state index is 0.816. The first-order valence-corrected chi connectivity index (χ1v) is 4.53. The average molecular weight is 175 g/mol. The number of thiophene rings is 1. The lowest BCUT2D eigenvalue weighted by Crippen LogP contribution is -1.80. The number of nitrogens with two attached hydrogens (primary N) is 1. The summed E-state index contributed by atoms with van der Waals surface area (Å²) < 4.78 is 1.26. The summed E-state index contributed by atoms with van der Waals surface area (Å²) in [6.45, 7) is 3.73. The average Bonchev–Trinajstić information content (AvgIpc) is 2.46. The van der Waals surface area contributed by atoms with E-state index in [1.54, 1.807) is 11.3 Å². The van der Waals surface area contributed by atoms with Crippen LogP contribution >= 0.6 is 11.3 Å². The molecular weight excluding hydrogens is 166 g/mol. The van der Waals surface area contributed by atoms with Gasteiger partial charge in [-0.3, -0.25) is 0 Å². The molecule has 0 aliphatic carbocycles. The van der Waals surface area contributed by atoms with Crippen molar-refractivity contribution in [2.45, 2.75) is 0 Å². The number of rotatable bonds is 1. The van der Waals surface area contributed by atoms with Crippen LogP contribution in [0.5, 0.6) is 0 Å². The summed E-state index contributed by atoms with van der Waals surface area (Å²) in [5.41, 5.74) is 6.47. The molecule has 2 rings (SSSR count). The van der Waals surface area contributed by atoms with E-state index in [0.29, 0.717) is 0 Å². The summed E-state index contributed by atoms with van der Waals surface area (Å²) in [6.07, 6.45) is 1.86. The molecule has 0 aliphatic heterocycles. The second-order valence-electron chi connectivity index (χ2n) is 2.65. The zero-order valence-corrected chi connectivity index (χ0v) is 7.40. The third-order valence-corrected chi connectivity index (χ3v) is 2.87. The summed E-state index contributed by atoms with van der Waals surface area (Å²) in [4.78, 5) is 1.19. The van der Waals surface area contributed by atoms with E-state index in [0.717, 1.165) is 5.69 Å². The van der Waals surface area contributed by atoms with Gasteiger partial charge < -0.3 is 5.73 Å². The Morgan fingerprint density at radius 3 is 2.92 bits per heavy atom. The maximum absolute atomic E-state index is 5.65. The van der Waals surface area contributed by atoms with Gasteiger partial charge in [0.25, 0.3) is 0 Å². The smallest absolute Gasteiger partial charge is 0.0350 e. The van der Waals surface area contributed by atoms with Crippen molar-refractivity contribution in [1.29, 1.82) is 0 Å². The van der Waals surface area contributed by atoms with Crippen molar-refractivity contribution >= 4 is 33.2 Å². The van der Waals surface area contributed by atoms with E-state index in [-0.39, 0.29) is 0 Å². The predicted molar refractivity (Wildman–Crippen MR) is 56.3 cm³/mol. The molecule has 0 amide bonds. The fourth-order valence-corrected chi connectivity index (χ4v) is 2.08. The zero-order chi connectivity index (χ0) is 8.55. The molecule has 0 radical (unpaired) electrons. The molecule has 0 unspecified atom stereocenters. The molecule has 0 bridgehead atoms. The van der Waals surface area contributed by atoms with Gasteiger partial charge >= 0.3 is 0 Å². The van der Waals surface area contributed by atoms with Gasteiger partial charge in [0.15, 0.2) is 0 Å². The quantitative estimate of drug-likeness (QED) is 0.662. The van der Waals surface area contributed by atoms with Gasteiger partial charge in [-0.2, -0.15) is 0 Å². The highest BCUT2D eigenvalue weighted by Gasteiger charge is 1.98. The van der Waals surface area contributed by atoms with E-state index < -0.39 is 0 Å². The summed E-state index contributed by atoms with van der Waals surface area (Å²) in [5, 5.41) is 1.20. The standard InChI is InChI=1S/C10H9NS/c1-2-9-6-7-5-8(11)3-4-10(7)12-9/h2-6H,1,11H2. The van der Waals surface area contributed by atoms with Crippen molar-refractivity contribution in [3.8, 4) is 0 Å². The van der Waals surface area contributed by atoms with Crippen molar-refractivity contribution < 1.29 is 0 Å². The minimum Gasteiger partial charge on any atom is -0.399 e. The van der Waals surface area contributed by atoms with Crippen molar-refractivity contribution in [2.24, 2.45) is 0 Å². The molecule has 0 aliphatic rings. The second kappa shape index (κ2) is 2.64. The Hall–Kier alpha value is -1.28. The predicted octanol–water partition coefficient (Wildman–Crippen LogP) is 3.13. The minimum absolute atomic E-state index is 0.816. The highest BCUT2D eigenvalue weighted by Crippen LogP contribution is 2.27. The van der Waals surface area contributed by atoms with Gasteiger partial charge in [0.2, 0.25) is 0 Å². The maximum atomic E-state index is 5.65. The summed E-state index contributed by atoms with van der Waals surface area (Å²) in [6, 6.07) is 8.05. The topological polar surface area (TPSA) is 26.0 Å². The molecule has 1 heterocycles. The first kappa shape index (κ1) is 7.37. The first-order chi connectivity index (χ1) is 5.79. The van der Waals surface area contributed by atoms with Crippen LogP contribution in [0.25, 0.3) is 16.2 Å². The molecule has 1 aromatic heterocycles.